The number of benzene rings is 1. The van der Waals surface area contributed by atoms with E-state index in [9.17, 15) is 0 Å². The van der Waals surface area contributed by atoms with Gasteiger partial charge >= 0.3 is 0 Å². The lowest BCUT2D eigenvalue weighted by Crippen LogP contribution is -2.02. The van der Waals surface area contributed by atoms with E-state index in [0.717, 1.165) is 48.5 Å². The standard InChI is InChI=1S/C24H24N4O/c1-17-27-16-20(28-17)12-11-18-7-9-19(10-8-18)15-23-21(5-3-13-25-23)22-6-4-14-26-24(22)29-2/h3-10,13-14H,11-12,15-16H2,1-2H3. The molecule has 0 bridgehead atoms. The summed E-state index contributed by atoms with van der Waals surface area (Å²) in [5, 5.41) is 0. The monoisotopic (exact) mass is 384 g/mol. The smallest absolute Gasteiger partial charge is 0.221 e. The Morgan fingerprint density at radius 2 is 1.59 bits per heavy atom. The van der Waals surface area contributed by atoms with E-state index in [-0.39, 0.29) is 0 Å². The van der Waals surface area contributed by atoms with Crippen LogP contribution in [0.1, 0.15) is 30.2 Å². The molecule has 5 nitrogen and oxygen atoms in total. The minimum absolute atomic E-state index is 0.617. The van der Waals surface area contributed by atoms with E-state index in [1.165, 1.54) is 16.8 Å². The first-order valence-corrected chi connectivity index (χ1v) is 9.81. The van der Waals surface area contributed by atoms with Crippen LogP contribution < -0.4 is 4.74 Å². The van der Waals surface area contributed by atoms with Crippen LogP contribution in [0.4, 0.5) is 0 Å². The number of methoxy groups -OCH3 is 1. The van der Waals surface area contributed by atoms with Gasteiger partial charge in [-0.1, -0.05) is 30.3 Å². The van der Waals surface area contributed by atoms with E-state index in [1.807, 2.05) is 31.3 Å². The Labute approximate surface area is 171 Å². The van der Waals surface area contributed by atoms with Crippen LogP contribution in [-0.4, -0.2) is 35.2 Å². The second-order valence-electron chi connectivity index (χ2n) is 7.09. The van der Waals surface area contributed by atoms with Crippen molar-refractivity contribution in [3.05, 3.63) is 77.7 Å². The van der Waals surface area contributed by atoms with Crippen molar-refractivity contribution in [2.24, 2.45) is 9.98 Å². The van der Waals surface area contributed by atoms with Gasteiger partial charge in [0.05, 0.1) is 19.3 Å². The molecule has 0 amide bonds. The number of rotatable bonds is 7. The van der Waals surface area contributed by atoms with Gasteiger partial charge in [0, 0.05) is 35.7 Å². The van der Waals surface area contributed by atoms with Gasteiger partial charge in [-0.25, -0.2) is 9.98 Å². The molecule has 2 aromatic heterocycles. The van der Waals surface area contributed by atoms with E-state index in [0.29, 0.717) is 5.88 Å². The van der Waals surface area contributed by atoms with Gasteiger partial charge in [0.2, 0.25) is 5.88 Å². The molecule has 29 heavy (non-hydrogen) atoms. The summed E-state index contributed by atoms with van der Waals surface area (Å²) in [7, 11) is 1.64. The van der Waals surface area contributed by atoms with E-state index < -0.39 is 0 Å². The number of hydrogen-bond donors (Lipinski definition) is 0. The maximum atomic E-state index is 5.44. The highest BCUT2D eigenvalue weighted by molar-refractivity contribution is 6.03. The molecule has 0 unspecified atom stereocenters. The first-order valence-electron chi connectivity index (χ1n) is 9.81. The summed E-state index contributed by atoms with van der Waals surface area (Å²) >= 11 is 0. The molecule has 5 heteroatoms. The zero-order valence-corrected chi connectivity index (χ0v) is 16.8. The highest BCUT2D eigenvalue weighted by Crippen LogP contribution is 2.30. The normalized spacial score (nSPS) is 13.2. The van der Waals surface area contributed by atoms with Gasteiger partial charge in [-0.15, -0.1) is 0 Å². The van der Waals surface area contributed by atoms with Crippen LogP contribution in [0.2, 0.25) is 0 Å². The van der Waals surface area contributed by atoms with Crippen molar-refractivity contribution < 1.29 is 4.74 Å². The van der Waals surface area contributed by atoms with E-state index >= 15 is 0 Å². The largest absolute Gasteiger partial charge is 0.481 e. The molecule has 0 atom stereocenters. The number of hydrogen-bond acceptors (Lipinski definition) is 5. The van der Waals surface area contributed by atoms with E-state index in [4.69, 9.17) is 4.74 Å². The summed E-state index contributed by atoms with van der Waals surface area (Å²) in [5.41, 5.74) is 6.75. The lowest BCUT2D eigenvalue weighted by atomic mass is 9.98. The van der Waals surface area contributed by atoms with Crippen molar-refractivity contribution in [2.45, 2.75) is 26.2 Å². The van der Waals surface area contributed by atoms with Crippen molar-refractivity contribution in [1.29, 1.82) is 0 Å². The predicted octanol–water partition coefficient (Wildman–Crippen LogP) is 4.55. The van der Waals surface area contributed by atoms with Gasteiger partial charge in [0.1, 0.15) is 5.84 Å². The molecule has 0 N–H and O–H groups in total. The number of pyridine rings is 2. The molecule has 1 aliphatic heterocycles. The highest BCUT2D eigenvalue weighted by atomic mass is 16.5. The van der Waals surface area contributed by atoms with Crippen LogP contribution in [-0.2, 0) is 12.8 Å². The Bertz CT molecular complexity index is 1050. The third-order valence-electron chi connectivity index (χ3n) is 5.05. The van der Waals surface area contributed by atoms with Gasteiger partial charge in [-0.3, -0.25) is 9.98 Å². The van der Waals surface area contributed by atoms with Gasteiger partial charge in [-0.2, -0.15) is 0 Å². The van der Waals surface area contributed by atoms with Gasteiger partial charge in [0.25, 0.3) is 0 Å². The van der Waals surface area contributed by atoms with Crippen molar-refractivity contribution >= 4 is 11.5 Å². The first kappa shape index (κ1) is 19.0. The van der Waals surface area contributed by atoms with Crippen LogP contribution in [0.25, 0.3) is 11.1 Å². The lowest BCUT2D eigenvalue weighted by molar-refractivity contribution is 0.399. The molecule has 0 aliphatic carbocycles. The second-order valence-corrected chi connectivity index (χ2v) is 7.09. The molecule has 1 aromatic carbocycles. The summed E-state index contributed by atoms with van der Waals surface area (Å²) < 4.78 is 5.44. The quantitative estimate of drug-likeness (QED) is 0.600. The summed E-state index contributed by atoms with van der Waals surface area (Å²) in [6.07, 6.45) is 6.29. The van der Waals surface area contributed by atoms with Crippen LogP contribution in [0.3, 0.4) is 0 Å². The number of amidine groups is 1. The Hall–Kier alpha value is -3.34. The zero-order chi connectivity index (χ0) is 20.1. The molecule has 0 spiro atoms. The van der Waals surface area contributed by atoms with Gasteiger partial charge in [-0.05, 0) is 49.1 Å². The average molecular weight is 384 g/mol. The minimum atomic E-state index is 0.617. The minimum Gasteiger partial charge on any atom is -0.481 e. The maximum Gasteiger partial charge on any atom is 0.221 e. The SMILES string of the molecule is COc1ncccc1-c1cccnc1Cc1ccc(CCC2=NC(C)=NC2)cc1. The van der Waals surface area contributed by atoms with E-state index in [2.05, 4.69) is 50.3 Å². The number of aromatic nitrogens is 2. The van der Waals surface area contributed by atoms with Crippen LogP contribution in [0.15, 0.2) is 70.9 Å². The molecule has 4 rings (SSSR count). The molecular weight excluding hydrogens is 360 g/mol. The molecule has 0 saturated heterocycles. The molecule has 3 aromatic rings. The predicted molar refractivity (Wildman–Crippen MR) is 117 cm³/mol. The third kappa shape index (κ3) is 4.57. The Morgan fingerprint density at radius 1 is 0.862 bits per heavy atom. The fraction of sp³-hybridized carbons (Fsp3) is 0.250. The lowest BCUT2D eigenvalue weighted by Gasteiger charge is -2.12. The Morgan fingerprint density at radius 3 is 2.31 bits per heavy atom. The molecule has 0 fully saturated rings. The number of ether oxygens (including phenoxy) is 1. The van der Waals surface area contributed by atoms with Crippen molar-refractivity contribution in [1.82, 2.24) is 9.97 Å². The summed E-state index contributed by atoms with van der Waals surface area (Å²) in [6, 6.07) is 16.7. The van der Waals surface area contributed by atoms with Crippen LogP contribution >= 0.6 is 0 Å². The van der Waals surface area contributed by atoms with Gasteiger partial charge in [0.15, 0.2) is 0 Å². The fourth-order valence-electron chi connectivity index (χ4n) is 3.53. The van der Waals surface area contributed by atoms with Crippen molar-refractivity contribution in [3.8, 4) is 17.0 Å². The average Bonchev–Trinajstić information content (AvgIpc) is 3.19. The van der Waals surface area contributed by atoms with Crippen molar-refractivity contribution in [3.63, 3.8) is 0 Å². The number of aliphatic imine (C=N–C) groups is 2. The zero-order valence-electron chi connectivity index (χ0n) is 16.8. The first-order chi connectivity index (χ1) is 14.2. The van der Waals surface area contributed by atoms with E-state index in [1.54, 1.807) is 13.3 Å². The topological polar surface area (TPSA) is 59.7 Å². The molecule has 146 valence electrons. The summed E-state index contributed by atoms with van der Waals surface area (Å²) in [5.74, 6) is 1.51. The fourth-order valence-corrected chi connectivity index (χ4v) is 3.53. The molecule has 1 aliphatic rings. The number of aryl methyl sites for hydroxylation is 1. The van der Waals surface area contributed by atoms with Crippen molar-refractivity contribution in [2.75, 3.05) is 13.7 Å². The van der Waals surface area contributed by atoms with Crippen LogP contribution in [0.5, 0.6) is 5.88 Å². The second kappa shape index (κ2) is 8.78. The van der Waals surface area contributed by atoms with Crippen LogP contribution in [0, 0.1) is 0 Å². The Kier molecular flexibility index (Phi) is 5.75. The summed E-state index contributed by atoms with van der Waals surface area (Å²) in [6.45, 7) is 2.71. The molecule has 0 saturated carbocycles. The van der Waals surface area contributed by atoms with Gasteiger partial charge < -0.3 is 4.74 Å². The molecule has 3 heterocycles. The molecule has 0 radical (unpaired) electrons. The number of nitrogens with zero attached hydrogens (tertiary/aromatic N) is 4. The summed E-state index contributed by atoms with van der Waals surface area (Å²) in [4.78, 5) is 17.8. The highest BCUT2D eigenvalue weighted by Gasteiger charge is 2.12. The molecular formula is C24H24N4O. The third-order valence-corrected chi connectivity index (χ3v) is 5.05. The Balaban J connectivity index is 1.48. The maximum absolute atomic E-state index is 5.44.